The summed E-state index contributed by atoms with van der Waals surface area (Å²) in [6.07, 6.45) is 0. The maximum absolute atomic E-state index is 11.5. The van der Waals surface area contributed by atoms with E-state index in [0.29, 0.717) is 29.4 Å². The van der Waals surface area contributed by atoms with E-state index < -0.39 is 0 Å². The van der Waals surface area contributed by atoms with Crippen LogP contribution < -0.4 is 16.4 Å². The molecule has 0 radical (unpaired) electrons. The molecule has 1 amide bonds. The number of anilines is 2. The van der Waals surface area contributed by atoms with Crippen molar-refractivity contribution in [2.75, 3.05) is 24.1 Å². The number of carbonyl (C=O) groups is 1. The van der Waals surface area contributed by atoms with E-state index in [2.05, 4.69) is 10.6 Å². The van der Waals surface area contributed by atoms with Gasteiger partial charge in [-0.3, -0.25) is 4.79 Å². The topological polar surface area (TPSA) is 90.9 Å². The molecule has 1 aromatic rings. The highest BCUT2D eigenvalue weighted by molar-refractivity contribution is 5.80. The van der Waals surface area contributed by atoms with E-state index >= 15 is 0 Å². The second-order valence-corrected chi connectivity index (χ2v) is 4.47. The summed E-state index contributed by atoms with van der Waals surface area (Å²) >= 11 is 0. The minimum atomic E-state index is -0.0703. The van der Waals surface area contributed by atoms with Crippen LogP contribution >= 0.6 is 0 Å². The molecule has 1 rings (SSSR count). The number of nitrogens with zero attached hydrogens (tertiary/aromatic N) is 1. The molecule has 0 aliphatic heterocycles. The number of nitrogens with one attached hydrogen (secondary N) is 2. The average Bonchev–Trinajstić information content (AvgIpc) is 2.35. The third-order valence-corrected chi connectivity index (χ3v) is 2.33. The quantitative estimate of drug-likeness (QED) is 0.683. The Morgan fingerprint density at radius 1 is 1.50 bits per heavy atom. The first-order chi connectivity index (χ1) is 8.52. The normalized spacial score (nSPS) is 9.89. The van der Waals surface area contributed by atoms with Crippen molar-refractivity contribution in [1.82, 2.24) is 5.32 Å². The molecule has 4 N–H and O–H groups in total. The maximum Gasteiger partial charge on any atom is 0.239 e. The van der Waals surface area contributed by atoms with Crippen molar-refractivity contribution < 1.29 is 4.79 Å². The van der Waals surface area contributed by atoms with Gasteiger partial charge in [0.15, 0.2) is 0 Å². The van der Waals surface area contributed by atoms with E-state index in [9.17, 15) is 4.79 Å². The Morgan fingerprint density at radius 2 is 2.22 bits per heavy atom. The van der Waals surface area contributed by atoms with E-state index in [-0.39, 0.29) is 12.5 Å². The summed E-state index contributed by atoms with van der Waals surface area (Å²) in [5.74, 6) is 0.356. The van der Waals surface area contributed by atoms with Gasteiger partial charge >= 0.3 is 0 Å². The Hall–Kier alpha value is -2.22. The van der Waals surface area contributed by atoms with Crippen molar-refractivity contribution in [3.63, 3.8) is 0 Å². The fourth-order valence-electron chi connectivity index (χ4n) is 1.33. The molecule has 0 unspecified atom stereocenters. The number of rotatable bonds is 5. The number of amides is 1. The smallest absolute Gasteiger partial charge is 0.239 e. The molecule has 0 heterocycles. The van der Waals surface area contributed by atoms with E-state index in [1.54, 1.807) is 18.2 Å². The Bertz CT molecular complexity index is 463. The number of hydrogen-bond acceptors (Lipinski definition) is 4. The van der Waals surface area contributed by atoms with Crippen molar-refractivity contribution in [1.29, 1.82) is 5.26 Å². The fraction of sp³-hybridized carbons (Fsp3) is 0.385. The molecule has 5 nitrogen and oxygen atoms in total. The van der Waals surface area contributed by atoms with Crippen LogP contribution in [-0.4, -0.2) is 19.0 Å². The van der Waals surface area contributed by atoms with Crippen LogP contribution in [0.25, 0.3) is 0 Å². The summed E-state index contributed by atoms with van der Waals surface area (Å²) in [6, 6.07) is 7.02. The van der Waals surface area contributed by atoms with Crippen molar-refractivity contribution in [2.24, 2.45) is 5.92 Å². The van der Waals surface area contributed by atoms with E-state index in [0.717, 1.165) is 0 Å². The van der Waals surface area contributed by atoms with E-state index in [4.69, 9.17) is 11.0 Å². The predicted molar refractivity (Wildman–Crippen MR) is 71.9 cm³/mol. The molecule has 0 spiro atoms. The molecule has 1 aromatic carbocycles. The lowest BCUT2D eigenvalue weighted by atomic mass is 10.2. The van der Waals surface area contributed by atoms with Crippen molar-refractivity contribution in [3.05, 3.63) is 23.8 Å². The van der Waals surface area contributed by atoms with Gasteiger partial charge < -0.3 is 16.4 Å². The molecule has 0 aliphatic carbocycles. The molecule has 5 heteroatoms. The Morgan fingerprint density at radius 3 is 2.83 bits per heavy atom. The molecule has 0 atom stereocenters. The molecule has 0 fully saturated rings. The predicted octanol–water partition coefficient (Wildman–Crippen LogP) is 1.32. The second kappa shape index (κ2) is 6.50. The Labute approximate surface area is 107 Å². The first-order valence-electron chi connectivity index (χ1n) is 5.83. The zero-order valence-electron chi connectivity index (χ0n) is 10.7. The van der Waals surface area contributed by atoms with Crippen LogP contribution in [-0.2, 0) is 4.79 Å². The molecule has 0 saturated heterocycles. The highest BCUT2D eigenvalue weighted by Gasteiger charge is 2.04. The van der Waals surface area contributed by atoms with Gasteiger partial charge in [0.25, 0.3) is 0 Å². The van der Waals surface area contributed by atoms with E-state index in [1.807, 2.05) is 19.9 Å². The fourth-order valence-corrected chi connectivity index (χ4v) is 1.33. The largest absolute Gasteiger partial charge is 0.398 e. The van der Waals surface area contributed by atoms with Crippen LogP contribution in [0.1, 0.15) is 19.4 Å². The summed E-state index contributed by atoms with van der Waals surface area (Å²) in [6.45, 7) is 4.91. The summed E-state index contributed by atoms with van der Waals surface area (Å²) < 4.78 is 0. The van der Waals surface area contributed by atoms with Gasteiger partial charge in [-0.15, -0.1) is 0 Å². The number of nitrogens with two attached hydrogens (primary N) is 1. The minimum absolute atomic E-state index is 0.0703. The molecule has 96 valence electrons. The van der Waals surface area contributed by atoms with Gasteiger partial charge in [0.2, 0.25) is 5.91 Å². The van der Waals surface area contributed by atoms with Gasteiger partial charge in [0, 0.05) is 17.9 Å². The summed E-state index contributed by atoms with van der Waals surface area (Å²) in [5, 5.41) is 14.6. The molecular weight excluding hydrogens is 228 g/mol. The summed E-state index contributed by atoms with van der Waals surface area (Å²) in [4.78, 5) is 11.5. The number of carbonyl (C=O) groups excluding carboxylic acids is 1. The first kappa shape index (κ1) is 13.8. The number of hydrogen-bond donors (Lipinski definition) is 3. The van der Waals surface area contributed by atoms with E-state index in [1.165, 1.54) is 0 Å². The molecule has 0 aromatic heterocycles. The Balaban J connectivity index is 2.49. The molecule has 0 aliphatic rings. The molecule has 0 bridgehead atoms. The van der Waals surface area contributed by atoms with Gasteiger partial charge in [-0.2, -0.15) is 5.26 Å². The van der Waals surface area contributed by atoms with Crippen molar-refractivity contribution in [2.45, 2.75) is 13.8 Å². The minimum Gasteiger partial charge on any atom is -0.398 e. The lowest BCUT2D eigenvalue weighted by Gasteiger charge is -2.10. The number of benzene rings is 1. The maximum atomic E-state index is 11.5. The lowest BCUT2D eigenvalue weighted by molar-refractivity contribution is -0.119. The first-order valence-corrected chi connectivity index (χ1v) is 5.83. The third-order valence-electron chi connectivity index (χ3n) is 2.33. The molecular formula is C13H18N4O. The van der Waals surface area contributed by atoms with Gasteiger partial charge in [0.1, 0.15) is 6.07 Å². The highest BCUT2D eigenvalue weighted by Crippen LogP contribution is 2.16. The second-order valence-electron chi connectivity index (χ2n) is 4.47. The SMILES string of the molecule is CC(C)CNC(=O)CNc1ccc(N)c(C#N)c1. The third kappa shape index (κ3) is 4.34. The summed E-state index contributed by atoms with van der Waals surface area (Å²) in [5.41, 5.74) is 7.16. The standard InChI is InChI=1S/C13H18N4O/c1-9(2)7-17-13(18)8-16-11-3-4-12(15)10(5-11)6-14/h3-5,9,16H,7-8,15H2,1-2H3,(H,17,18). The van der Waals surface area contributed by atoms with Crippen LogP contribution in [0, 0.1) is 17.2 Å². The summed E-state index contributed by atoms with van der Waals surface area (Å²) in [7, 11) is 0. The van der Waals surface area contributed by atoms with Crippen LogP contribution in [0.3, 0.4) is 0 Å². The number of nitriles is 1. The number of nitrogen functional groups attached to an aromatic ring is 1. The Kier molecular flexibility index (Phi) is 5.00. The lowest BCUT2D eigenvalue weighted by Crippen LogP contribution is -2.32. The molecule has 18 heavy (non-hydrogen) atoms. The average molecular weight is 246 g/mol. The van der Waals surface area contributed by atoms with Gasteiger partial charge in [-0.05, 0) is 24.1 Å². The van der Waals surface area contributed by atoms with Gasteiger partial charge in [-0.25, -0.2) is 0 Å². The van der Waals surface area contributed by atoms with Gasteiger partial charge in [-0.1, -0.05) is 13.8 Å². The van der Waals surface area contributed by atoms with Crippen molar-refractivity contribution >= 4 is 17.3 Å². The highest BCUT2D eigenvalue weighted by atomic mass is 16.1. The van der Waals surface area contributed by atoms with Crippen LogP contribution in [0.2, 0.25) is 0 Å². The zero-order valence-corrected chi connectivity index (χ0v) is 10.7. The van der Waals surface area contributed by atoms with Crippen LogP contribution in [0.5, 0.6) is 0 Å². The monoisotopic (exact) mass is 246 g/mol. The zero-order chi connectivity index (χ0) is 13.5. The molecule has 0 saturated carbocycles. The van der Waals surface area contributed by atoms with Gasteiger partial charge in [0.05, 0.1) is 12.1 Å². The van der Waals surface area contributed by atoms with Crippen LogP contribution in [0.15, 0.2) is 18.2 Å². The van der Waals surface area contributed by atoms with Crippen LogP contribution in [0.4, 0.5) is 11.4 Å². The van der Waals surface area contributed by atoms with Crippen molar-refractivity contribution in [3.8, 4) is 6.07 Å².